The van der Waals surface area contributed by atoms with E-state index in [0.717, 1.165) is 23.2 Å². The van der Waals surface area contributed by atoms with Crippen LogP contribution < -0.4 is 5.32 Å². The third-order valence-electron chi connectivity index (χ3n) is 3.77. The highest BCUT2D eigenvalue weighted by Crippen LogP contribution is 2.32. The van der Waals surface area contributed by atoms with E-state index in [-0.39, 0.29) is 17.2 Å². The lowest BCUT2D eigenvalue weighted by molar-refractivity contribution is -0.122. The normalized spacial score (nSPS) is 19.4. The van der Waals surface area contributed by atoms with E-state index in [4.69, 9.17) is 0 Å². The maximum Gasteiger partial charge on any atom is 0.231 e. The summed E-state index contributed by atoms with van der Waals surface area (Å²) in [5.41, 5.74) is 3.29. The fourth-order valence-corrected chi connectivity index (χ4v) is 2.49. The molecule has 1 aliphatic rings. The Hall–Kier alpha value is -2.08. The molecule has 1 aliphatic heterocycles. The molecule has 1 fully saturated rings. The number of piperidine rings is 1. The van der Waals surface area contributed by atoms with Gasteiger partial charge in [-0.1, -0.05) is 39.5 Å². The zero-order valence-corrected chi connectivity index (χ0v) is 12.3. The quantitative estimate of drug-likeness (QED) is 0.849. The molecule has 1 atom stereocenters. The molecule has 0 bridgehead atoms. The molecule has 2 rings (SSSR count). The number of hydrogen-bond donors (Lipinski definition) is 1. The Morgan fingerprint density at radius 2 is 2.10 bits per heavy atom. The number of amides is 1. The average Bonchev–Trinajstić information content (AvgIpc) is 2.37. The summed E-state index contributed by atoms with van der Waals surface area (Å²) >= 11 is 0. The Labute approximate surface area is 120 Å². The van der Waals surface area contributed by atoms with Crippen LogP contribution in [-0.4, -0.2) is 5.91 Å². The summed E-state index contributed by atoms with van der Waals surface area (Å²) in [7, 11) is 0. The van der Waals surface area contributed by atoms with E-state index >= 15 is 0 Å². The molecule has 1 saturated heterocycles. The van der Waals surface area contributed by atoms with Gasteiger partial charge in [0.05, 0.1) is 17.6 Å². The zero-order chi connectivity index (χ0) is 14.9. The molecule has 0 radical (unpaired) electrons. The minimum atomic E-state index is -0.246. The van der Waals surface area contributed by atoms with Crippen molar-refractivity contribution >= 4 is 5.91 Å². The van der Waals surface area contributed by atoms with Gasteiger partial charge in [0.25, 0.3) is 0 Å². The highest BCUT2D eigenvalue weighted by Gasteiger charge is 2.28. The van der Waals surface area contributed by atoms with Crippen molar-refractivity contribution in [1.29, 1.82) is 5.26 Å². The van der Waals surface area contributed by atoms with Crippen LogP contribution in [0.2, 0.25) is 0 Å². The molecule has 0 saturated carbocycles. The van der Waals surface area contributed by atoms with Crippen LogP contribution in [0.5, 0.6) is 0 Å². The molecule has 0 spiro atoms. The number of allylic oxidation sites excluding steroid dienone is 1. The molecular weight excluding hydrogens is 248 g/mol. The third kappa shape index (κ3) is 2.75. The summed E-state index contributed by atoms with van der Waals surface area (Å²) in [4.78, 5) is 12.1. The summed E-state index contributed by atoms with van der Waals surface area (Å²) in [5, 5.41) is 12.2. The molecule has 1 aromatic carbocycles. The Balaban J connectivity index is 2.41. The number of hydrogen-bond acceptors (Lipinski definition) is 2. The topological polar surface area (TPSA) is 52.9 Å². The first-order chi connectivity index (χ1) is 9.32. The minimum absolute atomic E-state index is 0.00671. The van der Waals surface area contributed by atoms with E-state index in [1.165, 1.54) is 0 Å². The number of nitrogens with zero attached hydrogens (tertiary/aromatic N) is 1. The molecule has 1 N–H and O–H groups in total. The van der Waals surface area contributed by atoms with E-state index in [9.17, 15) is 10.1 Å². The predicted octanol–water partition coefficient (Wildman–Crippen LogP) is 3.36. The Morgan fingerprint density at radius 1 is 1.40 bits per heavy atom. The standard InChI is InChI=1S/C17H20N2O/c1-11-5-7-15(16(20)19-11)14-8-6-13(17(2,3)4)9-12(14)10-18/h6,8-9,15H,1,5,7H2,2-4H3,(H,19,20). The molecule has 0 aromatic heterocycles. The number of nitriles is 1. The molecule has 1 aromatic rings. The van der Waals surface area contributed by atoms with Crippen LogP contribution in [-0.2, 0) is 10.2 Å². The first-order valence-corrected chi connectivity index (χ1v) is 6.86. The van der Waals surface area contributed by atoms with E-state index in [2.05, 4.69) is 38.7 Å². The Morgan fingerprint density at radius 3 is 2.65 bits per heavy atom. The minimum Gasteiger partial charge on any atom is -0.330 e. The van der Waals surface area contributed by atoms with Gasteiger partial charge >= 0.3 is 0 Å². The smallest absolute Gasteiger partial charge is 0.231 e. The summed E-state index contributed by atoms with van der Waals surface area (Å²) in [5.74, 6) is -0.301. The van der Waals surface area contributed by atoms with Gasteiger partial charge in [-0.05, 0) is 35.4 Å². The van der Waals surface area contributed by atoms with Gasteiger partial charge in [0, 0.05) is 5.70 Å². The summed E-state index contributed by atoms with van der Waals surface area (Å²) in [6, 6.07) is 8.09. The maximum atomic E-state index is 12.1. The van der Waals surface area contributed by atoms with Crippen LogP contribution in [0.25, 0.3) is 0 Å². The molecule has 3 nitrogen and oxygen atoms in total. The highest BCUT2D eigenvalue weighted by molar-refractivity contribution is 5.86. The van der Waals surface area contributed by atoms with Crippen molar-refractivity contribution in [3.8, 4) is 6.07 Å². The van der Waals surface area contributed by atoms with Gasteiger partial charge in [-0.2, -0.15) is 5.26 Å². The Bertz CT molecular complexity index is 602. The Kier molecular flexibility index (Phi) is 3.67. The van der Waals surface area contributed by atoms with E-state index in [1.807, 2.05) is 18.2 Å². The van der Waals surface area contributed by atoms with Crippen LogP contribution in [0.4, 0.5) is 0 Å². The summed E-state index contributed by atoms with van der Waals surface area (Å²) in [6.07, 6.45) is 1.48. The molecule has 20 heavy (non-hydrogen) atoms. The SMILES string of the molecule is C=C1CCC(c2ccc(C(C)(C)C)cc2C#N)C(=O)N1. The van der Waals surface area contributed by atoms with Gasteiger partial charge in [0.15, 0.2) is 0 Å². The summed E-state index contributed by atoms with van der Waals surface area (Å²) in [6.45, 7) is 10.1. The third-order valence-corrected chi connectivity index (χ3v) is 3.77. The van der Waals surface area contributed by atoms with Crippen molar-refractivity contribution in [3.05, 3.63) is 47.2 Å². The lowest BCUT2D eigenvalue weighted by Gasteiger charge is -2.26. The maximum absolute atomic E-state index is 12.1. The number of carbonyl (C=O) groups excluding carboxylic acids is 1. The van der Waals surface area contributed by atoms with E-state index in [1.54, 1.807) is 0 Å². The van der Waals surface area contributed by atoms with Crippen LogP contribution >= 0.6 is 0 Å². The van der Waals surface area contributed by atoms with Crippen molar-refractivity contribution in [1.82, 2.24) is 5.32 Å². The van der Waals surface area contributed by atoms with E-state index in [0.29, 0.717) is 12.0 Å². The van der Waals surface area contributed by atoms with Crippen LogP contribution in [0, 0.1) is 11.3 Å². The predicted molar refractivity (Wildman–Crippen MR) is 79.1 cm³/mol. The largest absolute Gasteiger partial charge is 0.330 e. The zero-order valence-electron chi connectivity index (χ0n) is 12.3. The monoisotopic (exact) mass is 268 g/mol. The second-order valence-corrected chi connectivity index (χ2v) is 6.35. The van der Waals surface area contributed by atoms with Crippen molar-refractivity contribution in [2.24, 2.45) is 0 Å². The summed E-state index contributed by atoms with van der Waals surface area (Å²) < 4.78 is 0. The van der Waals surface area contributed by atoms with Gasteiger partial charge < -0.3 is 5.32 Å². The van der Waals surface area contributed by atoms with Crippen molar-refractivity contribution < 1.29 is 4.79 Å². The highest BCUT2D eigenvalue weighted by atomic mass is 16.2. The van der Waals surface area contributed by atoms with Gasteiger partial charge in [-0.15, -0.1) is 0 Å². The molecule has 1 heterocycles. The first-order valence-electron chi connectivity index (χ1n) is 6.86. The number of carbonyl (C=O) groups is 1. The molecule has 1 unspecified atom stereocenters. The van der Waals surface area contributed by atoms with Gasteiger partial charge in [0.1, 0.15) is 0 Å². The van der Waals surface area contributed by atoms with E-state index < -0.39 is 0 Å². The van der Waals surface area contributed by atoms with Gasteiger partial charge in [-0.25, -0.2) is 0 Å². The fraction of sp³-hybridized carbons (Fsp3) is 0.412. The van der Waals surface area contributed by atoms with Gasteiger partial charge in [-0.3, -0.25) is 4.79 Å². The first kappa shape index (κ1) is 14.3. The molecule has 1 amide bonds. The number of benzene rings is 1. The fourth-order valence-electron chi connectivity index (χ4n) is 2.49. The second kappa shape index (κ2) is 5.13. The lowest BCUT2D eigenvalue weighted by atomic mass is 9.81. The van der Waals surface area contributed by atoms with Crippen molar-refractivity contribution in [2.45, 2.75) is 44.9 Å². The van der Waals surface area contributed by atoms with Crippen LogP contribution in [0.15, 0.2) is 30.5 Å². The number of rotatable bonds is 1. The average molecular weight is 268 g/mol. The number of nitrogens with one attached hydrogen (secondary N) is 1. The molecule has 0 aliphatic carbocycles. The lowest BCUT2D eigenvalue weighted by Crippen LogP contribution is -2.33. The molecular formula is C17H20N2O. The molecule has 104 valence electrons. The molecule has 3 heteroatoms. The van der Waals surface area contributed by atoms with Crippen LogP contribution in [0.3, 0.4) is 0 Å². The van der Waals surface area contributed by atoms with Gasteiger partial charge in [0.2, 0.25) is 5.91 Å². The second-order valence-electron chi connectivity index (χ2n) is 6.35. The van der Waals surface area contributed by atoms with Crippen molar-refractivity contribution in [2.75, 3.05) is 0 Å². The van der Waals surface area contributed by atoms with Crippen molar-refractivity contribution in [3.63, 3.8) is 0 Å². The van der Waals surface area contributed by atoms with Crippen LogP contribution in [0.1, 0.15) is 56.2 Å².